The third kappa shape index (κ3) is 4.20. The molecule has 154 valence electrons. The summed E-state index contributed by atoms with van der Waals surface area (Å²) < 4.78 is 11.0. The predicted octanol–water partition coefficient (Wildman–Crippen LogP) is 4.99. The summed E-state index contributed by atoms with van der Waals surface area (Å²) in [6.07, 6.45) is 2.59. The van der Waals surface area contributed by atoms with Crippen LogP contribution < -0.4 is 9.47 Å². The minimum absolute atomic E-state index is 0.0443. The molecule has 0 bridgehead atoms. The first-order valence-electron chi connectivity index (χ1n) is 9.58. The average molecular weight is 415 g/mol. The van der Waals surface area contributed by atoms with Crippen LogP contribution in [-0.4, -0.2) is 16.7 Å². The number of allylic oxidation sites excluding steroid dienone is 1. The van der Waals surface area contributed by atoms with Crippen LogP contribution in [0.15, 0.2) is 72.5 Å². The number of benzene rings is 3. The normalized spacial score (nSPS) is 13.6. The first kappa shape index (κ1) is 20.0. The molecule has 0 saturated carbocycles. The van der Waals surface area contributed by atoms with Crippen molar-refractivity contribution in [1.29, 1.82) is 0 Å². The van der Waals surface area contributed by atoms with Gasteiger partial charge in [-0.15, -0.1) is 0 Å². The summed E-state index contributed by atoms with van der Waals surface area (Å²) in [5.41, 5.74) is 2.23. The summed E-state index contributed by atoms with van der Waals surface area (Å²) in [5, 5.41) is 10.9. The third-order valence-electron chi connectivity index (χ3n) is 4.83. The highest BCUT2D eigenvalue weighted by Crippen LogP contribution is 2.35. The molecule has 0 aliphatic carbocycles. The fourth-order valence-electron chi connectivity index (χ4n) is 3.14. The molecular formula is C24H17NO6. The lowest BCUT2D eigenvalue weighted by atomic mass is 10.1. The van der Waals surface area contributed by atoms with Gasteiger partial charge in [-0.05, 0) is 41.8 Å². The van der Waals surface area contributed by atoms with Crippen molar-refractivity contribution in [2.45, 2.75) is 13.3 Å². The molecule has 0 amide bonds. The molecule has 4 rings (SSSR count). The molecule has 7 nitrogen and oxygen atoms in total. The van der Waals surface area contributed by atoms with Crippen LogP contribution in [0.3, 0.4) is 0 Å². The lowest BCUT2D eigenvalue weighted by Gasteiger charge is -2.05. The molecule has 0 fully saturated rings. The van der Waals surface area contributed by atoms with Gasteiger partial charge in [-0.2, -0.15) is 0 Å². The number of ether oxygens (including phenoxy) is 2. The van der Waals surface area contributed by atoms with Gasteiger partial charge in [0, 0.05) is 18.2 Å². The summed E-state index contributed by atoms with van der Waals surface area (Å²) in [7, 11) is 0. The number of rotatable bonds is 5. The maximum Gasteiger partial charge on any atom is 0.343 e. The van der Waals surface area contributed by atoms with Gasteiger partial charge in [0.05, 0.1) is 16.1 Å². The lowest BCUT2D eigenvalue weighted by molar-refractivity contribution is -0.384. The van der Waals surface area contributed by atoms with Crippen LogP contribution in [-0.2, 0) is 6.42 Å². The van der Waals surface area contributed by atoms with Crippen LogP contribution >= 0.6 is 0 Å². The van der Waals surface area contributed by atoms with E-state index >= 15 is 0 Å². The Morgan fingerprint density at radius 2 is 1.87 bits per heavy atom. The number of hydrogen-bond donors (Lipinski definition) is 0. The predicted molar refractivity (Wildman–Crippen MR) is 113 cm³/mol. The smallest absolute Gasteiger partial charge is 0.343 e. The van der Waals surface area contributed by atoms with Crippen LogP contribution in [0.4, 0.5) is 5.69 Å². The van der Waals surface area contributed by atoms with E-state index in [1.165, 1.54) is 42.0 Å². The van der Waals surface area contributed by atoms with Crippen molar-refractivity contribution in [1.82, 2.24) is 0 Å². The van der Waals surface area contributed by atoms with E-state index in [2.05, 4.69) is 6.92 Å². The van der Waals surface area contributed by atoms with Gasteiger partial charge in [0.2, 0.25) is 5.78 Å². The summed E-state index contributed by atoms with van der Waals surface area (Å²) in [5.74, 6) is -0.380. The highest BCUT2D eigenvalue weighted by molar-refractivity contribution is 6.14. The van der Waals surface area contributed by atoms with E-state index in [0.717, 1.165) is 18.1 Å². The van der Waals surface area contributed by atoms with Crippen molar-refractivity contribution >= 4 is 23.5 Å². The van der Waals surface area contributed by atoms with E-state index in [1.807, 2.05) is 24.3 Å². The zero-order valence-electron chi connectivity index (χ0n) is 16.5. The molecule has 0 spiro atoms. The van der Waals surface area contributed by atoms with Crippen molar-refractivity contribution in [2.24, 2.45) is 0 Å². The van der Waals surface area contributed by atoms with Gasteiger partial charge >= 0.3 is 5.97 Å². The van der Waals surface area contributed by atoms with Crippen molar-refractivity contribution in [3.05, 3.63) is 105 Å². The molecule has 0 unspecified atom stereocenters. The highest BCUT2D eigenvalue weighted by Gasteiger charge is 2.28. The first-order valence-corrected chi connectivity index (χ1v) is 9.58. The third-order valence-corrected chi connectivity index (χ3v) is 4.83. The molecule has 0 radical (unpaired) electrons. The minimum atomic E-state index is -0.750. The molecule has 31 heavy (non-hydrogen) atoms. The number of fused-ring (bicyclic) bond motifs is 1. The van der Waals surface area contributed by atoms with Crippen LogP contribution in [0.5, 0.6) is 11.5 Å². The maximum absolute atomic E-state index is 12.6. The summed E-state index contributed by atoms with van der Waals surface area (Å²) >= 11 is 0. The highest BCUT2D eigenvalue weighted by atomic mass is 16.6. The Balaban J connectivity index is 1.53. The van der Waals surface area contributed by atoms with E-state index < -0.39 is 10.9 Å². The van der Waals surface area contributed by atoms with Crippen LogP contribution in [0.25, 0.3) is 6.08 Å². The van der Waals surface area contributed by atoms with Gasteiger partial charge in [-0.25, -0.2) is 4.79 Å². The number of carbonyl (C=O) groups excluding carboxylic acids is 2. The summed E-state index contributed by atoms with van der Waals surface area (Å²) in [4.78, 5) is 35.3. The Kier molecular flexibility index (Phi) is 5.32. The Bertz CT molecular complexity index is 1230. The van der Waals surface area contributed by atoms with Crippen LogP contribution in [0.2, 0.25) is 0 Å². The molecule has 1 aliphatic heterocycles. The number of nitro groups is 1. The van der Waals surface area contributed by atoms with E-state index in [9.17, 15) is 19.7 Å². The summed E-state index contributed by atoms with van der Waals surface area (Å²) in [6, 6.07) is 17.5. The van der Waals surface area contributed by atoms with Crippen LogP contribution in [0, 0.1) is 10.1 Å². The number of non-ortho nitro benzene ring substituents is 1. The lowest BCUT2D eigenvalue weighted by Crippen LogP contribution is -2.08. The molecule has 0 atom stereocenters. The summed E-state index contributed by atoms with van der Waals surface area (Å²) in [6.45, 7) is 2.07. The number of esters is 1. The second-order valence-electron chi connectivity index (χ2n) is 6.89. The SMILES string of the molecule is CCc1ccc(/C=C2\Oc3cc(OC(=O)c4cccc([N+](=O)[O-])c4)ccc3C2=O)cc1. The van der Waals surface area contributed by atoms with Gasteiger partial charge in [-0.3, -0.25) is 14.9 Å². The van der Waals surface area contributed by atoms with Gasteiger partial charge < -0.3 is 9.47 Å². The number of ketones is 1. The van der Waals surface area contributed by atoms with E-state index in [-0.39, 0.29) is 34.3 Å². The average Bonchev–Trinajstić information content (AvgIpc) is 3.08. The molecule has 3 aromatic carbocycles. The minimum Gasteiger partial charge on any atom is -0.452 e. The van der Waals surface area contributed by atoms with Crippen LogP contribution in [0.1, 0.15) is 38.8 Å². The van der Waals surface area contributed by atoms with E-state index in [4.69, 9.17) is 9.47 Å². The number of Topliss-reactive ketones (excluding diaryl/α,β-unsaturated/α-hetero) is 1. The molecule has 1 heterocycles. The molecule has 0 aromatic heterocycles. The Morgan fingerprint density at radius 1 is 1.10 bits per heavy atom. The zero-order chi connectivity index (χ0) is 22.0. The van der Waals surface area contributed by atoms with Gasteiger partial charge in [0.15, 0.2) is 5.76 Å². The Hall–Kier alpha value is -4.26. The number of nitrogens with zero attached hydrogens (tertiary/aromatic N) is 1. The number of nitro benzene ring substituents is 1. The standard InChI is InChI=1S/C24H17NO6/c1-2-15-6-8-16(9-7-15)12-22-23(26)20-11-10-19(14-21(20)31-22)30-24(27)17-4-3-5-18(13-17)25(28)29/h3-14H,2H2,1H3/b22-12-. The number of carbonyl (C=O) groups is 2. The van der Waals surface area contributed by atoms with Crippen molar-refractivity contribution in [3.63, 3.8) is 0 Å². The Labute approximate surface area is 177 Å². The topological polar surface area (TPSA) is 95.7 Å². The molecular weight excluding hydrogens is 398 g/mol. The second kappa shape index (κ2) is 8.23. The van der Waals surface area contributed by atoms with Gasteiger partial charge in [-0.1, -0.05) is 37.3 Å². The van der Waals surface area contributed by atoms with Crippen molar-refractivity contribution in [3.8, 4) is 11.5 Å². The molecule has 3 aromatic rings. The maximum atomic E-state index is 12.6. The van der Waals surface area contributed by atoms with E-state index in [0.29, 0.717) is 5.56 Å². The number of hydrogen-bond acceptors (Lipinski definition) is 6. The quantitative estimate of drug-likeness (QED) is 0.191. The van der Waals surface area contributed by atoms with Gasteiger partial charge in [0.25, 0.3) is 5.69 Å². The first-order chi connectivity index (χ1) is 14.9. The molecule has 1 aliphatic rings. The zero-order valence-corrected chi connectivity index (χ0v) is 16.5. The molecule has 0 N–H and O–H groups in total. The van der Waals surface area contributed by atoms with Gasteiger partial charge in [0.1, 0.15) is 11.5 Å². The van der Waals surface area contributed by atoms with Crippen molar-refractivity contribution < 1.29 is 24.0 Å². The second-order valence-corrected chi connectivity index (χ2v) is 6.89. The monoisotopic (exact) mass is 415 g/mol. The molecule has 0 saturated heterocycles. The number of aryl methyl sites for hydroxylation is 1. The fraction of sp³-hybridized carbons (Fsp3) is 0.0833. The van der Waals surface area contributed by atoms with Crippen molar-refractivity contribution in [2.75, 3.05) is 0 Å². The largest absolute Gasteiger partial charge is 0.452 e. The van der Waals surface area contributed by atoms with E-state index in [1.54, 1.807) is 6.08 Å². The Morgan fingerprint density at radius 3 is 2.58 bits per heavy atom. The molecule has 7 heteroatoms. The fourth-order valence-corrected chi connectivity index (χ4v) is 3.14.